The van der Waals surface area contributed by atoms with Gasteiger partial charge in [0.1, 0.15) is 5.75 Å². The van der Waals surface area contributed by atoms with Crippen molar-refractivity contribution in [2.45, 2.75) is 52.0 Å². The summed E-state index contributed by atoms with van der Waals surface area (Å²) < 4.78 is 5.24. The number of methoxy groups -OCH3 is 1. The van der Waals surface area contributed by atoms with Crippen LogP contribution in [0.5, 0.6) is 5.75 Å². The first kappa shape index (κ1) is 14.7. The van der Waals surface area contributed by atoms with Crippen LogP contribution in [0.4, 0.5) is 11.4 Å². The molecule has 0 fully saturated rings. The van der Waals surface area contributed by atoms with Crippen LogP contribution < -0.4 is 15.8 Å². The molecule has 3 nitrogen and oxygen atoms in total. The van der Waals surface area contributed by atoms with Crippen LogP contribution in [-0.4, -0.2) is 13.2 Å². The number of ether oxygens (including phenoxy) is 1. The van der Waals surface area contributed by atoms with Crippen molar-refractivity contribution in [2.75, 3.05) is 18.2 Å². The van der Waals surface area contributed by atoms with Gasteiger partial charge < -0.3 is 15.8 Å². The summed E-state index contributed by atoms with van der Waals surface area (Å²) in [5, 5.41) is 3.58. The SMILES string of the molecule is CCCCC(CCC)Nc1ccc(N)c(OC)c1. The van der Waals surface area contributed by atoms with Crippen molar-refractivity contribution in [3.63, 3.8) is 0 Å². The standard InChI is InChI=1S/C15H26N2O/c1-4-6-8-12(7-5-2)17-13-9-10-14(16)15(11-13)18-3/h9-12,17H,4-8,16H2,1-3H3. The first-order chi connectivity index (χ1) is 8.71. The number of benzene rings is 1. The second-order valence-corrected chi connectivity index (χ2v) is 4.73. The average Bonchev–Trinajstić information content (AvgIpc) is 2.38. The maximum atomic E-state index is 5.82. The van der Waals surface area contributed by atoms with Crippen LogP contribution in [-0.2, 0) is 0 Å². The Bertz CT molecular complexity index is 352. The van der Waals surface area contributed by atoms with Gasteiger partial charge in [0.05, 0.1) is 12.8 Å². The topological polar surface area (TPSA) is 47.3 Å². The highest BCUT2D eigenvalue weighted by molar-refractivity contribution is 5.61. The Morgan fingerprint density at radius 2 is 2.00 bits per heavy atom. The van der Waals surface area contributed by atoms with Gasteiger partial charge in [-0.3, -0.25) is 0 Å². The van der Waals surface area contributed by atoms with Gasteiger partial charge in [-0.1, -0.05) is 33.1 Å². The Balaban J connectivity index is 2.67. The van der Waals surface area contributed by atoms with E-state index in [0.29, 0.717) is 11.7 Å². The molecule has 0 aliphatic heterocycles. The van der Waals surface area contributed by atoms with E-state index in [-0.39, 0.29) is 0 Å². The van der Waals surface area contributed by atoms with Crippen molar-refractivity contribution in [3.8, 4) is 5.75 Å². The highest BCUT2D eigenvalue weighted by Gasteiger charge is 2.08. The Kier molecular flexibility index (Phi) is 6.40. The van der Waals surface area contributed by atoms with Gasteiger partial charge in [-0.15, -0.1) is 0 Å². The van der Waals surface area contributed by atoms with Gasteiger partial charge in [0.15, 0.2) is 0 Å². The van der Waals surface area contributed by atoms with Gasteiger partial charge in [-0.25, -0.2) is 0 Å². The zero-order chi connectivity index (χ0) is 13.4. The summed E-state index contributed by atoms with van der Waals surface area (Å²) >= 11 is 0. The van der Waals surface area contributed by atoms with E-state index in [4.69, 9.17) is 10.5 Å². The van der Waals surface area contributed by atoms with Crippen LogP contribution in [0.15, 0.2) is 18.2 Å². The summed E-state index contributed by atoms with van der Waals surface area (Å²) in [7, 11) is 1.65. The minimum absolute atomic E-state index is 0.545. The summed E-state index contributed by atoms with van der Waals surface area (Å²) in [5.74, 6) is 0.741. The number of anilines is 2. The second kappa shape index (κ2) is 7.85. The molecule has 0 spiro atoms. The summed E-state index contributed by atoms with van der Waals surface area (Å²) in [6.45, 7) is 4.46. The molecule has 1 rings (SSSR count). The third-order valence-electron chi connectivity index (χ3n) is 3.15. The van der Waals surface area contributed by atoms with Crippen molar-refractivity contribution in [1.82, 2.24) is 0 Å². The zero-order valence-corrected chi connectivity index (χ0v) is 11.8. The van der Waals surface area contributed by atoms with Crippen LogP contribution in [0.2, 0.25) is 0 Å². The summed E-state index contributed by atoms with van der Waals surface area (Å²) in [6, 6.07) is 6.43. The molecule has 0 aromatic heterocycles. The molecule has 3 N–H and O–H groups in total. The molecule has 1 atom stereocenters. The van der Waals surface area contributed by atoms with E-state index in [9.17, 15) is 0 Å². The smallest absolute Gasteiger partial charge is 0.143 e. The molecule has 3 heteroatoms. The highest BCUT2D eigenvalue weighted by Crippen LogP contribution is 2.26. The van der Waals surface area contributed by atoms with E-state index in [2.05, 4.69) is 19.2 Å². The van der Waals surface area contributed by atoms with Crippen molar-refractivity contribution in [1.29, 1.82) is 0 Å². The Hall–Kier alpha value is -1.38. The third-order valence-corrected chi connectivity index (χ3v) is 3.15. The molecule has 1 unspecified atom stereocenters. The average molecular weight is 250 g/mol. The molecule has 1 aromatic rings. The van der Waals surface area contributed by atoms with E-state index < -0.39 is 0 Å². The largest absolute Gasteiger partial charge is 0.495 e. The fourth-order valence-corrected chi connectivity index (χ4v) is 2.12. The molecular formula is C15H26N2O. The quantitative estimate of drug-likeness (QED) is 0.684. The fraction of sp³-hybridized carbons (Fsp3) is 0.600. The second-order valence-electron chi connectivity index (χ2n) is 4.73. The normalized spacial score (nSPS) is 12.2. The lowest BCUT2D eigenvalue weighted by Crippen LogP contribution is -2.19. The van der Waals surface area contributed by atoms with Gasteiger partial charge in [0, 0.05) is 17.8 Å². The molecule has 0 aliphatic carbocycles. The highest BCUT2D eigenvalue weighted by atomic mass is 16.5. The predicted molar refractivity (Wildman–Crippen MR) is 79.3 cm³/mol. The Morgan fingerprint density at radius 3 is 2.61 bits per heavy atom. The number of hydrogen-bond donors (Lipinski definition) is 2. The van der Waals surface area contributed by atoms with E-state index in [1.807, 2.05) is 18.2 Å². The lowest BCUT2D eigenvalue weighted by Gasteiger charge is -2.20. The maximum absolute atomic E-state index is 5.82. The lowest BCUT2D eigenvalue weighted by molar-refractivity contribution is 0.417. The molecule has 0 aliphatic rings. The van der Waals surface area contributed by atoms with Crippen LogP contribution in [0, 0.1) is 0 Å². The summed E-state index contributed by atoms with van der Waals surface area (Å²) in [4.78, 5) is 0. The molecule has 0 saturated heterocycles. The molecule has 0 saturated carbocycles. The van der Waals surface area contributed by atoms with Crippen molar-refractivity contribution in [2.24, 2.45) is 0 Å². The van der Waals surface area contributed by atoms with Gasteiger partial charge in [-0.2, -0.15) is 0 Å². The first-order valence-corrected chi connectivity index (χ1v) is 6.91. The first-order valence-electron chi connectivity index (χ1n) is 6.91. The lowest BCUT2D eigenvalue weighted by atomic mass is 10.0. The molecule has 18 heavy (non-hydrogen) atoms. The van der Waals surface area contributed by atoms with Gasteiger partial charge in [0.25, 0.3) is 0 Å². The van der Waals surface area contributed by atoms with Crippen LogP contribution >= 0.6 is 0 Å². The van der Waals surface area contributed by atoms with E-state index in [1.165, 1.54) is 32.1 Å². The van der Waals surface area contributed by atoms with E-state index >= 15 is 0 Å². The van der Waals surface area contributed by atoms with Gasteiger partial charge >= 0.3 is 0 Å². The Morgan fingerprint density at radius 1 is 1.22 bits per heavy atom. The molecule has 0 bridgehead atoms. The van der Waals surface area contributed by atoms with Crippen molar-refractivity contribution >= 4 is 11.4 Å². The number of nitrogen functional groups attached to an aromatic ring is 1. The van der Waals surface area contributed by atoms with Gasteiger partial charge in [0.2, 0.25) is 0 Å². The minimum atomic E-state index is 0.545. The maximum Gasteiger partial charge on any atom is 0.143 e. The number of nitrogens with two attached hydrogens (primary N) is 1. The van der Waals surface area contributed by atoms with Crippen molar-refractivity contribution in [3.05, 3.63) is 18.2 Å². The van der Waals surface area contributed by atoms with E-state index in [0.717, 1.165) is 11.4 Å². The molecule has 0 amide bonds. The summed E-state index contributed by atoms with van der Waals surface area (Å²) in [5.41, 5.74) is 7.59. The molecular weight excluding hydrogens is 224 g/mol. The molecule has 102 valence electrons. The number of nitrogens with one attached hydrogen (secondary N) is 1. The molecule has 0 heterocycles. The Labute approximate surface area is 111 Å². The van der Waals surface area contributed by atoms with Crippen molar-refractivity contribution < 1.29 is 4.74 Å². The van der Waals surface area contributed by atoms with Crippen LogP contribution in [0.25, 0.3) is 0 Å². The van der Waals surface area contributed by atoms with Gasteiger partial charge in [-0.05, 0) is 25.0 Å². The number of rotatable bonds is 8. The monoisotopic (exact) mass is 250 g/mol. The van der Waals surface area contributed by atoms with Crippen LogP contribution in [0.3, 0.4) is 0 Å². The number of hydrogen-bond acceptors (Lipinski definition) is 3. The summed E-state index contributed by atoms with van der Waals surface area (Å²) in [6.07, 6.45) is 6.13. The minimum Gasteiger partial charge on any atom is -0.495 e. The molecule has 0 radical (unpaired) electrons. The number of unbranched alkanes of at least 4 members (excludes halogenated alkanes) is 1. The fourth-order valence-electron chi connectivity index (χ4n) is 2.12. The van der Waals surface area contributed by atoms with Crippen LogP contribution in [0.1, 0.15) is 46.0 Å². The zero-order valence-electron chi connectivity index (χ0n) is 11.8. The molecule has 1 aromatic carbocycles. The predicted octanol–water partition coefficient (Wildman–Crippen LogP) is 4.05. The van der Waals surface area contributed by atoms with E-state index in [1.54, 1.807) is 7.11 Å². The third kappa shape index (κ3) is 4.47.